The normalized spacial score (nSPS) is 8.57. The predicted molar refractivity (Wildman–Crippen MR) is 30.2 cm³/mol. The molecule has 0 aliphatic carbocycles. The fraction of sp³-hybridized carbons (Fsp3) is 1.00. The van der Waals surface area contributed by atoms with Gasteiger partial charge in [-0.25, -0.2) is 0 Å². The van der Waals surface area contributed by atoms with E-state index in [0.29, 0.717) is 0 Å². The van der Waals surface area contributed by atoms with Gasteiger partial charge < -0.3 is 0 Å². The minimum absolute atomic E-state index is 0. The number of hydrogen-bond donors (Lipinski definition) is 0. The van der Waals surface area contributed by atoms with Gasteiger partial charge in [0.25, 0.3) is 0 Å². The Morgan fingerprint density at radius 2 is 1.86 bits per heavy atom. The second-order valence-electron chi connectivity index (χ2n) is 1.87. The molecule has 0 fully saturated rings. The molecule has 0 atom stereocenters. The monoisotopic (exact) mass is 170 g/mol. The molecule has 7 heavy (non-hydrogen) atoms. The van der Waals surface area contributed by atoms with Crippen LogP contribution in [0.25, 0.3) is 0 Å². The Bertz CT molecular complexity index is 29.3. The quantitative estimate of drug-likeness (QED) is 0.442. The van der Waals surface area contributed by atoms with Crippen molar-refractivity contribution in [2.45, 2.75) is 20.3 Å². The SMILES string of the molecule is CC(C)CCCl.[Zn]. The second-order valence-corrected chi connectivity index (χ2v) is 2.25. The van der Waals surface area contributed by atoms with Crippen LogP contribution in [0.5, 0.6) is 0 Å². The van der Waals surface area contributed by atoms with Crippen molar-refractivity contribution in [3.63, 3.8) is 0 Å². The van der Waals surface area contributed by atoms with Crippen molar-refractivity contribution in [3.05, 3.63) is 0 Å². The van der Waals surface area contributed by atoms with Crippen molar-refractivity contribution in [1.29, 1.82) is 0 Å². The van der Waals surface area contributed by atoms with Crippen molar-refractivity contribution < 1.29 is 19.5 Å². The molecule has 0 aliphatic rings. The molecule has 0 aromatic carbocycles. The van der Waals surface area contributed by atoms with E-state index in [4.69, 9.17) is 11.6 Å². The molecule has 0 aromatic rings. The maximum Gasteiger partial charge on any atom is 0.0225 e. The summed E-state index contributed by atoms with van der Waals surface area (Å²) in [6.07, 6.45) is 1.14. The fourth-order valence-electron chi connectivity index (χ4n) is 0.218. The summed E-state index contributed by atoms with van der Waals surface area (Å²) >= 11 is 5.40. The summed E-state index contributed by atoms with van der Waals surface area (Å²) in [4.78, 5) is 0. The first-order valence-corrected chi connectivity index (χ1v) is 2.86. The molecule has 40 valence electrons. The zero-order valence-electron chi connectivity index (χ0n) is 5.08. The van der Waals surface area contributed by atoms with Crippen molar-refractivity contribution in [3.8, 4) is 0 Å². The van der Waals surface area contributed by atoms with E-state index >= 15 is 0 Å². The van der Waals surface area contributed by atoms with E-state index in [1.54, 1.807) is 0 Å². The molecule has 0 saturated heterocycles. The van der Waals surface area contributed by atoms with Gasteiger partial charge in [-0.1, -0.05) is 13.8 Å². The molecule has 0 spiro atoms. The van der Waals surface area contributed by atoms with Crippen molar-refractivity contribution in [2.75, 3.05) is 5.88 Å². The summed E-state index contributed by atoms with van der Waals surface area (Å²) in [5.74, 6) is 1.57. The Morgan fingerprint density at radius 3 is 1.86 bits per heavy atom. The third kappa shape index (κ3) is 10.9. The number of alkyl halides is 1. The topological polar surface area (TPSA) is 0 Å². The molecule has 0 rings (SSSR count). The van der Waals surface area contributed by atoms with Crippen LogP contribution in [0.4, 0.5) is 0 Å². The summed E-state index contributed by atoms with van der Waals surface area (Å²) in [5, 5.41) is 0. The minimum Gasteiger partial charge on any atom is -0.127 e. The smallest absolute Gasteiger partial charge is 0.0225 e. The Kier molecular flexibility index (Phi) is 10.7. The van der Waals surface area contributed by atoms with Gasteiger partial charge >= 0.3 is 0 Å². The van der Waals surface area contributed by atoms with E-state index < -0.39 is 0 Å². The summed E-state index contributed by atoms with van der Waals surface area (Å²) < 4.78 is 0. The van der Waals surface area contributed by atoms with Crippen LogP contribution in [0, 0.1) is 5.92 Å². The van der Waals surface area contributed by atoms with Gasteiger partial charge in [-0.05, 0) is 12.3 Å². The van der Waals surface area contributed by atoms with Gasteiger partial charge in [-0.2, -0.15) is 0 Å². The third-order valence-corrected chi connectivity index (χ3v) is 0.905. The molecule has 0 unspecified atom stereocenters. The van der Waals surface area contributed by atoms with Gasteiger partial charge in [0, 0.05) is 25.4 Å². The van der Waals surface area contributed by atoms with E-state index in [-0.39, 0.29) is 19.5 Å². The first-order chi connectivity index (χ1) is 2.77. The van der Waals surface area contributed by atoms with Crippen LogP contribution in [0.3, 0.4) is 0 Å². The fourth-order valence-corrected chi connectivity index (χ4v) is 0.655. The Morgan fingerprint density at radius 1 is 1.43 bits per heavy atom. The maximum atomic E-state index is 5.40. The summed E-state index contributed by atoms with van der Waals surface area (Å²) in [6.45, 7) is 4.34. The molecule has 0 saturated carbocycles. The maximum absolute atomic E-state index is 5.40. The molecule has 0 nitrogen and oxygen atoms in total. The van der Waals surface area contributed by atoms with Gasteiger partial charge in [0.1, 0.15) is 0 Å². The zero-order chi connectivity index (χ0) is 4.99. The molecule has 2 heteroatoms. The number of halogens is 1. The number of rotatable bonds is 2. The van der Waals surface area contributed by atoms with Gasteiger partial charge in [-0.15, -0.1) is 11.6 Å². The minimum atomic E-state index is 0. The molecule has 0 heterocycles. The van der Waals surface area contributed by atoms with Crippen molar-refractivity contribution in [1.82, 2.24) is 0 Å². The van der Waals surface area contributed by atoms with E-state index in [1.807, 2.05) is 0 Å². The molecule has 0 amide bonds. The van der Waals surface area contributed by atoms with E-state index in [2.05, 4.69) is 13.8 Å². The van der Waals surface area contributed by atoms with Crippen molar-refractivity contribution >= 4 is 11.6 Å². The zero-order valence-corrected chi connectivity index (χ0v) is 8.80. The van der Waals surface area contributed by atoms with Gasteiger partial charge in [0.2, 0.25) is 0 Å². The van der Waals surface area contributed by atoms with Crippen LogP contribution in [0.2, 0.25) is 0 Å². The first-order valence-electron chi connectivity index (χ1n) is 2.33. The standard InChI is InChI=1S/C5H11Cl.Zn/c1-5(2)3-4-6;/h5H,3-4H2,1-2H3;. The van der Waals surface area contributed by atoms with Gasteiger partial charge in [0.05, 0.1) is 0 Å². The first kappa shape index (κ1) is 10.8. The average Bonchev–Trinajstić information content (AvgIpc) is 1.35. The van der Waals surface area contributed by atoms with Crippen LogP contribution in [0.15, 0.2) is 0 Å². The van der Waals surface area contributed by atoms with Crippen LogP contribution < -0.4 is 0 Å². The molecule has 0 radical (unpaired) electrons. The Hall–Kier alpha value is 0.913. The third-order valence-electron chi connectivity index (χ3n) is 0.686. The average molecular weight is 172 g/mol. The van der Waals surface area contributed by atoms with E-state index in [9.17, 15) is 0 Å². The molecule has 0 bridgehead atoms. The summed E-state index contributed by atoms with van der Waals surface area (Å²) in [5.41, 5.74) is 0. The van der Waals surface area contributed by atoms with Crippen LogP contribution in [-0.2, 0) is 19.5 Å². The summed E-state index contributed by atoms with van der Waals surface area (Å²) in [6, 6.07) is 0. The molecule has 0 aromatic heterocycles. The van der Waals surface area contributed by atoms with E-state index in [0.717, 1.165) is 18.2 Å². The Balaban J connectivity index is 0. The van der Waals surface area contributed by atoms with Crippen molar-refractivity contribution in [2.24, 2.45) is 5.92 Å². The largest absolute Gasteiger partial charge is 0.127 e. The van der Waals surface area contributed by atoms with E-state index in [1.165, 1.54) is 0 Å². The van der Waals surface area contributed by atoms with Crippen LogP contribution in [0.1, 0.15) is 20.3 Å². The van der Waals surface area contributed by atoms with Crippen LogP contribution >= 0.6 is 11.6 Å². The van der Waals surface area contributed by atoms with Gasteiger partial charge in [-0.3, -0.25) is 0 Å². The molecular formula is C5H11ClZn. The molecular weight excluding hydrogens is 161 g/mol. The molecule has 0 aliphatic heterocycles. The predicted octanol–water partition coefficient (Wildman–Crippen LogP) is 2.27. The summed E-state index contributed by atoms with van der Waals surface area (Å²) in [7, 11) is 0. The molecule has 0 N–H and O–H groups in total. The second kappa shape index (κ2) is 6.91. The van der Waals surface area contributed by atoms with Gasteiger partial charge in [0.15, 0.2) is 0 Å². The van der Waals surface area contributed by atoms with Crippen LogP contribution in [-0.4, -0.2) is 5.88 Å². The number of hydrogen-bond acceptors (Lipinski definition) is 0. The Labute approximate surface area is 63.4 Å².